The molecule has 0 aliphatic carbocycles. The van der Waals surface area contributed by atoms with Gasteiger partial charge in [0.25, 0.3) is 5.91 Å². The Hall–Kier alpha value is -1.35. The van der Waals surface area contributed by atoms with E-state index in [4.69, 9.17) is 5.73 Å². The van der Waals surface area contributed by atoms with Crippen molar-refractivity contribution in [2.45, 2.75) is 26.4 Å². The van der Waals surface area contributed by atoms with Crippen LogP contribution in [0.25, 0.3) is 0 Å². The summed E-state index contributed by atoms with van der Waals surface area (Å²) in [7, 11) is 0. The van der Waals surface area contributed by atoms with Crippen molar-refractivity contribution in [2.24, 2.45) is 5.73 Å². The Morgan fingerprint density at radius 2 is 2.21 bits per heavy atom. The van der Waals surface area contributed by atoms with Gasteiger partial charge >= 0.3 is 0 Å². The summed E-state index contributed by atoms with van der Waals surface area (Å²) < 4.78 is 0. The molecule has 0 radical (unpaired) electrons. The summed E-state index contributed by atoms with van der Waals surface area (Å²) in [5.41, 5.74) is 7.13. The standard InChI is InChI=1S/C11H16N2O/c1-8(2)13-11(14)10-5-3-4-9(6-10)7-12/h3-6,8H,7,12H2,1-2H3,(H,13,14). The fourth-order valence-corrected chi connectivity index (χ4v) is 1.19. The van der Waals surface area contributed by atoms with Gasteiger partial charge in [0.1, 0.15) is 0 Å². The number of nitrogens with one attached hydrogen (secondary N) is 1. The van der Waals surface area contributed by atoms with Gasteiger partial charge in [-0.2, -0.15) is 0 Å². The van der Waals surface area contributed by atoms with Gasteiger partial charge in [0.2, 0.25) is 0 Å². The minimum absolute atomic E-state index is 0.0460. The first-order valence-electron chi connectivity index (χ1n) is 4.73. The van der Waals surface area contributed by atoms with Crippen molar-refractivity contribution in [3.8, 4) is 0 Å². The van der Waals surface area contributed by atoms with Crippen LogP contribution in [0.15, 0.2) is 24.3 Å². The van der Waals surface area contributed by atoms with E-state index in [1.165, 1.54) is 0 Å². The SMILES string of the molecule is CC(C)NC(=O)c1cccc(CN)c1. The van der Waals surface area contributed by atoms with E-state index in [2.05, 4.69) is 5.32 Å². The van der Waals surface area contributed by atoms with Crippen LogP contribution in [0.3, 0.4) is 0 Å². The number of benzene rings is 1. The summed E-state index contributed by atoms with van der Waals surface area (Å²) in [5, 5.41) is 2.83. The molecule has 3 nitrogen and oxygen atoms in total. The zero-order chi connectivity index (χ0) is 10.6. The highest BCUT2D eigenvalue weighted by atomic mass is 16.1. The Morgan fingerprint density at radius 3 is 2.79 bits per heavy atom. The normalized spacial score (nSPS) is 10.3. The maximum Gasteiger partial charge on any atom is 0.251 e. The Balaban J connectivity index is 2.79. The summed E-state index contributed by atoms with van der Waals surface area (Å²) in [6.45, 7) is 4.33. The molecule has 0 atom stereocenters. The molecule has 1 aromatic rings. The zero-order valence-electron chi connectivity index (χ0n) is 8.58. The lowest BCUT2D eigenvalue weighted by molar-refractivity contribution is 0.0943. The van der Waals surface area contributed by atoms with Crippen LogP contribution in [0.4, 0.5) is 0 Å². The van der Waals surface area contributed by atoms with E-state index < -0.39 is 0 Å². The van der Waals surface area contributed by atoms with Crippen molar-refractivity contribution in [2.75, 3.05) is 0 Å². The molecule has 3 heteroatoms. The van der Waals surface area contributed by atoms with Gasteiger partial charge < -0.3 is 11.1 Å². The van der Waals surface area contributed by atoms with Crippen LogP contribution < -0.4 is 11.1 Å². The molecule has 14 heavy (non-hydrogen) atoms. The van der Waals surface area contributed by atoms with Crippen LogP contribution in [0.2, 0.25) is 0 Å². The number of hydrogen-bond donors (Lipinski definition) is 2. The number of amides is 1. The highest BCUT2D eigenvalue weighted by Gasteiger charge is 2.06. The first kappa shape index (κ1) is 10.7. The Labute approximate surface area is 84.3 Å². The molecule has 0 aromatic heterocycles. The Morgan fingerprint density at radius 1 is 1.50 bits per heavy atom. The second-order valence-corrected chi connectivity index (χ2v) is 3.53. The average Bonchev–Trinajstić information content (AvgIpc) is 2.17. The number of carbonyl (C=O) groups excluding carboxylic acids is 1. The maximum absolute atomic E-state index is 11.6. The van der Waals surface area contributed by atoms with E-state index in [1.54, 1.807) is 6.07 Å². The molecule has 3 N–H and O–H groups in total. The van der Waals surface area contributed by atoms with Gasteiger partial charge in [0.05, 0.1) is 0 Å². The smallest absolute Gasteiger partial charge is 0.251 e. The summed E-state index contributed by atoms with van der Waals surface area (Å²) >= 11 is 0. The number of nitrogens with two attached hydrogens (primary N) is 1. The van der Waals surface area contributed by atoms with Crippen LogP contribution in [-0.2, 0) is 6.54 Å². The van der Waals surface area contributed by atoms with Crippen molar-refractivity contribution in [1.82, 2.24) is 5.32 Å². The fraction of sp³-hybridized carbons (Fsp3) is 0.364. The predicted molar refractivity (Wildman–Crippen MR) is 56.9 cm³/mol. The van der Waals surface area contributed by atoms with Gasteiger partial charge in [0.15, 0.2) is 0 Å². The molecule has 0 fully saturated rings. The molecule has 1 amide bonds. The molecule has 0 spiro atoms. The molecule has 1 rings (SSSR count). The van der Waals surface area contributed by atoms with E-state index >= 15 is 0 Å². The van der Waals surface area contributed by atoms with E-state index in [-0.39, 0.29) is 11.9 Å². The lowest BCUT2D eigenvalue weighted by Gasteiger charge is -2.08. The Bertz CT molecular complexity index is 321. The van der Waals surface area contributed by atoms with Crippen molar-refractivity contribution < 1.29 is 4.79 Å². The molecular formula is C11H16N2O. The summed E-state index contributed by atoms with van der Waals surface area (Å²) in [6.07, 6.45) is 0. The van der Waals surface area contributed by atoms with Gasteiger partial charge in [-0.15, -0.1) is 0 Å². The number of rotatable bonds is 3. The molecule has 0 heterocycles. The summed E-state index contributed by atoms with van der Waals surface area (Å²) in [4.78, 5) is 11.6. The van der Waals surface area contributed by atoms with Gasteiger partial charge in [0, 0.05) is 18.2 Å². The molecule has 76 valence electrons. The maximum atomic E-state index is 11.6. The summed E-state index contributed by atoms with van der Waals surface area (Å²) in [5.74, 6) is -0.0460. The number of carbonyl (C=O) groups is 1. The van der Waals surface area contributed by atoms with Crippen LogP contribution in [0, 0.1) is 0 Å². The summed E-state index contributed by atoms with van der Waals surface area (Å²) in [6, 6.07) is 7.52. The Kier molecular flexibility index (Phi) is 3.65. The van der Waals surface area contributed by atoms with Gasteiger partial charge in [-0.1, -0.05) is 12.1 Å². The molecule has 0 unspecified atom stereocenters. The average molecular weight is 192 g/mol. The third kappa shape index (κ3) is 2.85. The highest BCUT2D eigenvalue weighted by molar-refractivity contribution is 5.94. The molecule has 1 aromatic carbocycles. The van der Waals surface area contributed by atoms with Crippen LogP contribution >= 0.6 is 0 Å². The van der Waals surface area contributed by atoms with Gasteiger partial charge in [-0.25, -0.2) is 0 Å². The lowest BCUT2D eigenvalue weighted by atomic mass is 10.1. The minimum Gasteiger partial charge on any atom is -0.350 e. The van der Waals surface area contributed by atoms with Crippen molar-refractivity contribution >= 4 is 5.91 Å². The van der Waals surface area contributed by atoms with E-state index in [9.17, 15) is 4.79 Å². The predicted octanol–water partition coefficient (Wildman–Crippen LogP) is 1.28. The van der Waals surface area contributed by atoms with Crippen LogP contribution in [0.1, 0.15) is 29.8 Å². The second kappa shape index (κ2) is 4.77. The first-order chi connectivity index (χ1) is 6.63. The first-order valence-corrected chi connectivity index (χ1v) is 4.73. The molecule has 0 saturated carbocycles. The highest BCUT2D eigenvalue weighted by Crippen LogP contribution is 2.04. The van der Waals surface area contributed by atoms with E-state index in [0.717, 1.165) is 5.56 Å². The minimum atomic E-state index is -0.0460. The third-order valence-corrected chi connectivity index (χ3v) is 1.84. The fourth-order valence-electron chi connectivity index (χ4n) is 1.19. The molecule has 0 aliphatic rings. The van der Waals surface area contributed by atoms with E-state index in [0.29, 0.717) is 12.1 Å². The van der Waals surface area contributed by atoms with Crippen LogP contribution in [-0.4, -0.2) is 11.9 Å². The van der Waals surface area contributed by atoms with Crippen molar-refractivity contribution in [1.29, 1.82) is 0 Å². The largest absolute Gasteiger partial charge is 0.350 e. The molecular weight excluding hydrogens is 176 g/mol. The zero-order valence-corrected chi connectivity index (χ0v) is 8.58. The third-order valence-electron chi connectivity index (χ3n) is 1.84. The van der Waals surface area contributed by atoms with Crippen molar-refractivity contribution in [3.05, 3.63) is 35.4 Å². The molecule has 0 saturated heterocycles. The van der Waals surface area contributed by atoms with Gasteiger partial charge in [-0.3, -0.25) is 4.79 Å². The lowest BCUT2D eigenvalue weighted by Crippen LogP contribution is -2.30. The second-order valence-electron chi connectivity index (χ2n) is 3.53. The topological polar surface area (TPSA) is 55.1 Å². The number of hydrogen-bond acceptors (Lipinski definition) is 2. The molecule has 0 bridgehead atoms. The van der Waals surface area contributed by atoms with Crippen molar-refractivity contribution in [3.63, 3.8) is 0 Å². The quantitative estimate of drug-likeness (QED) is 0.758. The van der Waals surface area contributed by atoms with Crippen LogP contribution in [0.5, 0.6) is 0 Å². The monoisotopic (exact) mass is 192 g/mol. The molecule has 0 aliphatic heterocycles. The van der Waals surface area contributed by atoms with E-state index in [1.807, 2.05) is 32.0 Å². The van der Waals surface area contributed by atoms with Gasteiger partial charge in [-0.05, 0) is 31.5 Å².